The van der Waals surface area contributed by atoms with Gasteiger partial charge in [0.05, 0.1) is 24.5 Å². The minimum atomic E-state index is -4.61. The second-order valence-corrected chi connectivity index (χ2v) is 5.95. The molecule has 11 heteroatoms. The van der Waals surface area contributed by atoms with Crippen LogP contribution in [0.1, 0.15) is 20.3 Å². The van der Waals surface area contributed by atoms with Crippen molar-refractivity contribution in [2.24, 2.45) is 0 Å². The molecule has 0 radical (unpaired) electrons. The molecule has 2 aromatic heterocycles. The maximum Gasteiger partial charge on any atom is 0.393 e. The summed E-state index contributed by atoms with van der Waals surface area (Å²) in [5.41, 5.74) is 0.868. The van der Waals surface area contributed by atoms with Crippen LogP contribution in [0.15, 0.2) is 30.7 Å². The van der Waals surface area contributed by atoms with E-state index in [4.69, 9.17) is 16.3 Å². The molecule has 1 N–H and O–H groups in total. The molecule has 0 bridgehead atoms. The van der Waals surface area contributed by atoms with Gasteiger partial charge in [-0.3, -0.25) is 9.78 Å². The van der Waals surface area contributed by atoms with E-state index in [1.54, 1.807) is 31.5 Å². The lowest BCUT2D eigenvalue weighted by atomic mass is 10.3. The first-order valence-electron chi connectivity index (χ1n) is 7.99. The number of aromatic nitrogens is 3. The van der Waals surface area contributed by atoms with Gasteiger partial charge in [0.1, 0.15) is 11.8 Å². The van der Waals surface area contributed by atoms with Gasteiger partial charge in [0, 0.05) is 12.7 Å². The second kappa shape index (κ2) is 8.68. The van der Waals surface area contributed by atoms with E-state index in [1.165, 1.54) is 22.7 Å². The van der Waals surface area contributed by atoms with Crippen molar-refractivity contribution in [2.45, 2.75) is 38.8 Å². The molecule has 0 aliphatic heterocycles. The predicted molar refractivity (Wildman–Crippen MR) is 91.6 cm³/mol. The fourth-order valence-corrected chi connectivity index (χ4v) is 2.58. The molecule has 1 amide bonds. The number of rotatable bonds is 7. The first-order chi connectivity index (χ1) is 12.6. The van der Waals surface area contributed by atoms with Crippen LogP contribution in [-0.2, 0) is 9.53 Å². The van der Waals surface area contributed by atoms with Crippen molar-refractivity contribution in [1.29, 1.82) is 0 Å². The summed E-state index contributed by atoms with van der Waals surface area (Å²) in [6.45, 7) is 3.08. The first-order valence-corrected chi connectivity index (χ1v) is 8.37. The van der Waals surface area contributed by atoms with E-state index >= 15 is 0 Å². The fraction of sp³-hybridized carbons (Fsp3) is 0.438. The van der Waals surface area contributed by atoms with Gasteiger partial charge in [0.15, 0.2) is 11.4 Å². The molecule has 2 rings (SSSR count). The topological polar surface area (TPSA) is 80.5 Å². The van der Waals surface area contributed by atoms with E-state index in [0.717, 1.165) is 0 Å². The average Bonchev–Trinajstić information content (AvgIpc) is 2.96. The molecular formula is C16H18ClF3N4O3. The Bertz CT molecular complexity index is 770. The van der Waals surface area contributed by atoms with E-state index in [2.05, 4.69) is 10.1 Å². The highest BCUT2D eigenvalue weighted by atomic mass is 35.5. The van der Waals surface area contributed by atoms with Gasteiger partial charge in [-0.1, -0.05) is 11.6 Å². The molecular weight excluding hydrogens is 389 g/mol. The van der Waals surface area contributed by atoms with Gasteiger partial charge >= 0.3 is 6.18 Å². The van der Waals surface area contributed by atoms with Gasteiger partial charge < -0.3 is 14.7 Å². The van der Waals surface area contributed by atoms with Gasteiger partial charge in [-0.25, -0.2) is 4.68 Å². The van der Waals surface area contributed by atoms with Crippen molar-refractivity contribution >= 4 is 23.2 Å². The van der Waals surface area contributed by atoms with E-state index in [1.807, 2.05) is 0 Å². The maximum absolute atomic E-state index is 12.6. The molecule has 0 aliphatic rings. The number of aliphatic hydroxyl groups is 1. The number of carbonyl (C=O) groups excluding carboxylic acids is 1. The number of anilines is 1. The normalized spacial score (nSPS) is 14.0. The third-order valence-corrected chi connectivity index (χ3v) is 3.82. The zero-order valence-electron chi connectivity index (χ0n) is 14.5. The van der Waals surface area contributed by atoms with Crippen molar-refractivity contribution < 1.29 is 27.8 Å². The summed E-state index contributed by atoms with van der Waals surface area (Å²) in [4.78, 5) is 17.8. The van der Waals surface area contributed by atoms with Crippen LogP contribution in [0.4, 0.5) is 18.9 Å². The van der Waals surface area contributed by atoms with E-state index in [9.17, 15) is 23.1 Å². The zero-order valence-corrected chi connectivity index (χ0v) is 15.3. The average molecular weight is 407 g/mol. The van der Waals surface area contributed by atoms with Crippen LogP contribution in [0.2, 0.25) is 5.15 Å². The Morgan fingerprint density at radius 2 is 2.19 bits per heavy atom. The summed E-state index contributed by atoms with van der Waals surface area (Å²) < 4.78 is 43.1. The Kier molecular flexibility index (Phi) is 6.79. The standard InChI is InChI=1S/C16H18ClF3N4O3/c1-3-23(15(26)10(2)27-13(25)7-16(18,19)20)12-9-24(22-14(12)17)11-5-4-6-21-8-11/h4-6,8-10,13,25H,3,7H2,1-2H3. The lowest BCUT2D eigenvalue weighted by Crippen LogP contribution is -2.41. The van der Waals surface area contributed by atoms with Crippen molar-refractivity contribution in [3.05, 3.63) is 35.9 Å². The maximum atomic E-state index is 12.6. The van der Waals surface area contributed by atoms with Crippen molar-refractivity contribution in [3.8, 4) is 5.69 Å². The number of likely N-dealkylation sites (N-methyl/N-ethyl adjacent to an activating group) is 1. The Balaban J connectivity index is 2.16. The molecule has 7 nitrogen and oxygen atoms in total. The summed E-state index contributed by atoms with van der Waals surface area (Å²) in [5.74, 6) is -0.661. The van der Waals surface area contributed by atoms with Crippen LogP contribution in [0.25, 0.3) is 5.69 Å². The molecule has 27 heavy (non-hydrogen) atoms. The molecule has 0 aliphatic carbocycles. The SMILES string of the molecule is CCN(C(=O)C(C)OC(O)CC(F)(F)F)c1cn(-c2cccnc2)nc1Cl. The molecule has 148 valence electrons. The molecule has 2 unspecified atom stereocenters. The number of amides is 1. The van der Waals surface area contributed by atoms with Crippen LogP contribution in [0.3, 0.4) is 0 Å². The van der Waals surface area contributed by atoms with E-state index < -0.39 is 30.9 Å². The molecule has 2 atom stereocenters. The Morgan fingerprint density at radius 3 is 2.74 bits per heavy atom. The number of carbonyl (C=O) groups is 1. The van der Waals surface area contributed by atoms with Crippen LogP contribution >= 0.6 is 11.6 Å². The molecule has 0 aromatic carbocycles. The van der Waals surface area contributed by atoms with Crippen molar-refractivity contribution in [3.63, 3.8) is 0 Å². The van der Waals surface area contributed by atoms with Crippen LogP contribution in [0, 0.1) is 0 Å². The second-order valence-electron chi connectivity index (χ2n) is 5.60. The Labute approximate surface area is 158 Å². The van der Waals surface area contributed by atoms with Gasteiger partial charge in [-0.15, -0.1) is 0 Å². The Hall–Kier alpha value is -2.17. The summed E-state index contributed by atoms with van der Waals surface area (Å²) in [6, 6.07) is 3.43. The minimum Gasteiger partial charge on any atom is -0.368 e. The lowest BCUT2D eigenvalue weighted by molar-refractivity contribution is -0.215. The van der Waals surface area contributed by atoms with E-state index in [0.29, 0.717) is 5.69 Å². The molecule has 2 heterocycles. The first kappa shape index (κ1) is 21.1. The fourth-order valence-electron chi connectivity index (χ4n) is 2.35. The van der Waals surface area contributed by atoms with Crippen LogP contribution < -0.4 is 4.90 Å². The number of halogens is 4. The number of alkyl halides is 3. The van der Waals surface area contributed by atoms with Gasteiger partial charge in [-0.05, 0) is 26.0 Å². The number of nitrogens with zero attached hydrogens (tertiary/aromatic N) is 4. The smallest absolute Gasteiger partial charge is 0.368 e. The number of aliphatic hydroxyl groups excluding tert-OH is 1. The van der Waals surface area contributed by atoms with Gasteiger partial charge in [0.2, 0.25) is 0 Å². The molecule has 0 saturated heterocycles. The summed E-state index contributed by atoms with van der Waals surface area (Å²) in [7, 11) is 0. The number of hydrogen-bond acceptors (Lipinski definition) is 5. The lowest BCUT2D eigenvalue weighted by Gasteiger charge is -2.25. The van der Waals surface area contributed by atoms with Gasteiger partial charge in [-0.2, -0.15) is 18.3 Å². The van der Waals surface area contributed by atoms with Crippen LogP contribution in [0.5, 0.6) is 0 Å². The third kappa shape index (κ3) is 5.65. The number of pyridine rings is 1. The highest BCUT2D eigenvalue weighted by Gasteiger charge is 2.34. The summed E-state index contributed by atoms with van der Waals surface area (Å²) in [5, 5.41) is 13.5. The molecule has 0 fully saturated rings. The predicted octanol–water partition coefficient (Wildman–Crippen LogP) is 2.95. The van der Waals surface area contributed by atoms with Crippen LogP contribution in [-0.4, -0.2) is 50.9 Å². The monoisotopic (exact) mass is 406 g/mol. The van der Waals surface area contributed by atoms with E-state index in [-0.39, 0.29) is 17.4 Å². The highest BCUT2D eigenvalue weighted by molar-refractivity contribution is 6.32. The quantitative estimate of drug-likeness (QED) is 0.715. The molecule has 2 aromatic rings. The summed E-state index contributed by atoms with van der Waals surface area (Å²) in [6.07, 6.45) is -5.01. The largest absolute Gasteiger partial charge is 0.393 e. The summed E-state index contributed by atoms with van der Waals surface area (Å²) >= 11 is 6.12. The highest BCUT2D eigenvalue weighted by Crippen LogP contribution is 2.27. The number of ether oxygens (including phenoxy) is 1. The van der Waals surface area contributed by atoms with Crippen molar-refractivity contribution in [1.82, 2.24) is 14.8 Å². The Morgan fingerprint density at radius 1 is 1.48 bits per heavy atom. The molecule has 0 saturated carbocycles. The third-order valence-electron chi connectivity index (χ3n) is 3.55. The zero-order chi connectivity index (χ0) is 20.2. The van der Waals surface area contributed by atoms with Crippen molar-refractivity contribution in [2.75, 3.05) is 11.4 Å². The minimum absolute atomic E-state index is 0.0251. The number of hydrogen-bond donors (Lipinski definition) is 1. The van der Waals surface area contributed by atoms with Gasteiger partial charge in [0.25, 0.3) is 5.91 Å². The molecule has 0 spiro atoms.